The zero-order valence-electron chi connectivity index (χ0n) is 14.2. The Balaban J connectivity index is 2.27. The van der Waals surface area contributed by atoms with Crippen molar-refractivity contribution >= 4 is 27.3 Å². The van der Waals surface area contributed by atoms with Crippen LogP contribution >= 0.6 is 11.3 Å². The zero-order chi connectivity index (χ0) is 17.9. The quantitative estimate of drug-likeness (QED) is 0.854. The molecule has 2 aromatic rings. The minimum Gasteiger partial charge on any atom is -0.344 e. The van der Waals surface area contributed by atoms with E-state index in [1.807, 2.05) is 31.4 Å². The summed E-state index contributed by atoms with van der Waals surface area (Å²) in [6, 6.07) is 9.94. The van der Waals surface area contributed by atoms with Gasteiger partial charge in [-0.1, -0.05) is 26.0 Å². The van der Waals surface area contributed by atoms with E-state index in [1.165, 1.54) is 26.2 Å². The summed E-state index contributed by atoms with van der Waals surface area (Å²) < 4.78 is 25.6. The standard InChI is InChI=1S/C17H22N2O3S2/c1-12(2)16(15-9-6-10-23-15)18-17(20)13-7-5-8-14(11-13)24(21,22)19(3)4/h5-12,16H,1-4H3,(H,18,20)/t16-/m0/s1. The molecule has 1 atom stereocenters. The Morgan fingerprint density at radius 2 is 1.88 bits per heavy atom. The number of benzene rings is 1. The van der Waals surface area contributed by atoms with Crippen LogP contribution in [0.4, 0.5) is 0 Å². The minimum absolute atomic E-state index is 0.105. The van der Waals surface area contributed by atoms with Crippen molar-refractivity contribution < 1.29 is 13.2 Å². The first-order valence-electron chi connectivity index (χ1n) is 7.60. The minimum atomic E-state index is -3.57. The van der Waals surface area contributed by atoms with Gasteiger partial charge in [0.25, 0.3) is 5.91 Å². The molecule has 1 amide bonds. The SMILES string of the molecule is CC(C)[C@H](NC(=O)c1cccc(S(=O)(=O)N(C)C)c1)c1cccs1. The van der Waals surface area contributed by atoms with Gasteiger partial charge in [0.15, 0.2) is 0 Å². The van der Waals surface area contributed by atoms with Crippen molar-refractivity contribution in [3.05, 3.63) is 52.2 Å². The summed E-state index contributed by atoms with van der Waals surface area (Å²) in [5.41, 5.74) is 0.333. The highest BCUT2D eigenvalue weighted by atomic mass is 32.2. The average molecular weight is 367 g/mol. The van der Waals surface area contributed by atoms with Crippen LogP contribution in [0.2, 0.25) is 0 Å². The van der Waals surface area contributed by atoms with Crippen LogP contribution in [0.25, 0.3) is 0 Å². The van der Waals surface area contributed by atoms with Crippen LogP contribution in [-0.4, -0.2) is 32.7 Å². The van der Waals surface area contributed by atoms with Gasteiger partial charge in [-0.3, -0.25) is 4.79 Å². The largest absolute Gasteiger partial charge is 0.344 e. The summed E-state index contributed by atoms with van der Waals surface area (Å²) in [7, 11) is -0.634. The molecule has 1 N–H and O–H groups in total. The lowest BCUT2D eigenvalue weighted by molar-refractivity contribution is 0.0926. The molecule has 7 heteroatoms. The maximum absolute atomic E-state index is 12.6. The molecule has 130 valence electrons. The lowest BCUT2D eigenvalue weighted by atomic mass is 10.0. The summed E-state index contributed by atoms with van der Waals surface area (Å²) in [5, 5.41) is 4.98. The first-order chi connectivity index (χ1) is 11.2. The number of rotatable bonds is 6. The van der Waals surface area contributed by atoms with Gasteiger partial charge in [-0.05, 0) is 35.6 Å². The fourth-order valence-corrected chi connectivity index (χ4v) is 4.16. The van der Waals surface area contributed by atoms with Crippen molar-refractivity contribution in [2.75, 3.05) is 14.1 Å². The maximum atomic E-state index is 12.6. The van der Waals surface area contributed by atoms with Crippen LogP contribution in [0, 0.1) is 5.92 Å². The third-order valence-electron chi connectivity index (χ3n) is 3.68. The predicted molar refractivity (Wildman–Crippen MR) is 96.7 cm³/mol. The molecule has 0 saturated heterocycles. The van der Waals surface area contributed by atoms with E-state index in [-0.39, 0.29) is 22.8 Å². The number of nitrogens with one attached hydrogen (secondary N) is 1. The molecule has 0 unspecified atom stereocenters. The molecule has 0 aliphatic rings. The van der Waals surface area contributed by atoms with Crippen LogP contribution < -0.4 is 5.32 Å². The number of amides is 1. The monoisotopic (exact) mass is 366 g/mol. The second kappa shape index (κ2) is 7.46. The topological polar surface area (TPSA) is 66.5 Å². The fourth-order valence-electron chi connectivity index (χ4n) is 2.27. The summed E-state index contributed by atoms with van der Waals surface area (Å²) in [5.74, 6) is -0.0563. The summed E-state index contributed by atoms with van der Waals surface area (Å²) >= 11 is 1.59. The molecule has 0 radical (unpaired) electrons. The molecule has 0 fully saturated rings. The highest BCUT2D eigenvalue weighted by molar-refractivity contribution is 7.89. The number of hydrogen-bond acceptors (Lipinski definition) is 4. The molecule has 0 aliphatic carbocycles. The molecule has 5 nitrogen and oxygen atoms in total. The Hall–Kier alpha value is -1.70. The van der Waals surface area contributed by atoms with Crippen LogP contribution in [0.15, 0.2) is 46.7 Å². The zero-order valence-corrected chi connectivity index (χ0v) is 15.8. The highest BCUT2D eigenvalue weighted by Crippen LogP contribution is 2.26. The van der Waals surface area contributed by atoms with Crippen LogP contribution in [-0.2, 0) is 10.0 Å². The smallest absolute Gasteiger partial charge is 0.251 e. The van der Waals surface area contributed by atoms with Crippen LogP contribution in [0.3, 0.4) is 0 Å². The van der Waals surface area contributed by atoms with E-state index in [1.54, 1.807) is 23.5 Å². The first-order valence-corrected chi connectivity index (χ1v) is 9.92. The fraction of sp³-hybridized carbons (Fsp3) is 0.353. The van der Waals surface area contributed by atoms with E-state index in [9.17, 15) is 13.2 Å². The number of thiophene rings is 1. The Bertz CT molecular complexity index is 797. The van der Waals surface area contributed by atoms with E-state index in [2.05, 4.69) is 5.32 Å². The Morgan fingerprint density at radius 1 is 1.17 bits per heavy atom. The van der Waals surface area contributed by atoms with Gasteiger partial charge in [0.2, 0.25) is 10.0 Å². The van der Waals surface area contributed by atoms with Gasteiger partial charge < -0.3 is 5.32 Å². The number of sulfonamides is 1. The molecule has 0 bridgehead atoms. The van der Waals surface area contributed by atoms with Crippen LogP contribution in [0.5, 0.6) is 0 Å². The van der Waals surface area contributed by atoms with E-state index >= 15 is 0 Å². The van der Waals surface area contributed by atoms with E-state index in [4.69, 9.17) is 0 Å². The van der Waals surface area contributed by atoms with E-state index in [0.717, 1.165) is 9.18 Å². The van der Waals surface area contributed by atoms with Crippen molar-refractivity contribution in [3.8, 4) is 0 Å². The van der Waals surface area contributed by atoms with Gasteiger partial charge >= 0.3 is 0 Å². The number of carbonyl (C=O) groups excluding carboxylic acids is 1. The first kappa shape index (κ1) is 18.6. The Labute approximate surface area is 147 Å². The number of hydrogen-bond donors (Lipinski definition) is 1. The summed E-state index contributed by atoms with van der Waals surface area (Å²) in [6.45, 7) is 4.08. The summed E-state index contributed by atoms with van der Waals surface area (Å²) in [6.07, 6.45) is 0. The molecule has 0 aliphatic heterocycles. The van der Waals surface area contributed by atoms with Gasteiger partial charge in [0.1, 0.15) is 0 Å². The summed E-state index contributed by atoms with van der Waals surface area (Å²) in [4.78, 5) is 13.8. The number of carbonyl (C=O) groups is 1. The Kier molecular flexibility index (Phi) is 5.79. The number of nitrogens with zero attached hydrogens (tertiary/aromatic N) is 1. The predicted octanol–water partition coefficient (Wildman–Crippen LogP) is 3.13. The molecule has 0 saturated carbocycles. The third-order valence-corrected chi connectivity index (χ3v) is 6.44. The molecule has 0 spiro atoms. The van der Waals surface area contributed by atoms with Crippen LogP contribution in [0.1, 0.15) is 35.1 Å². The van der Waals surface area contributed by atoms with Gasteiger partial charge in [-0.25, -0.2) is 12.7 Å². The second-order valence-electron chi connectivity index (χ2n) is 6.03. The molecule has 1 aromatic carbocycles. The molecular weight excluding hydrogens is 344 g/mol. The van der Waals surface area contributed by atoms with Crippen molar-refractivity contribution in [2.45, 2.75) is 24.8 Å². The average Bonchev–Trinajstić information content (AvgIpc) is 3.06. The maximum Gasteiger partial charge on any atom is 0.251 e. The molecule has 1 aromatic heterocycles. The van der Waals surface area contributed by atoms with Crippen molar-refractivity contribution in [1.29, 1.82) is 0 Å². The van der Waals surface area contributed by atoms with Crippen molar-refractivity contribution in [2.24, 2.45) is 5.92 Å². The van der Waals surface area contributed by atoms with Crippen molar-refractivity contribution in [1.82, 2.24) is 9.62 Å². The van der Waals surface area contributed by atoms with Gasteiger partial charge in [-0.15, -0.1) is 11.3 Å². The Morgan fingerprint density at radius 3 is 2.42 bits per heavy atom. The lowest BCUT2D eigenvalue weighted by Gasteiger charge is -2.21. The van der Waals surface area contributed by atoms with Gasteiger partial charge in [0, 0.05) is 24.5 Å². The molecule has 24 heavy (non-hydrogen) atoms. The van der Waals surface area contributed by atoms with E-state index < -0.39 is 10.0 Å². The van der Waals surface area contributed by atoms with Gasteiger partial charge in [0.05, 0.1) is 10.9 Å². The lowest BCUT2D eigenvalue weighted by Crippen LogP contribution is -2.31. The van der Waals surface area contributed by atoms with Gasteiger partial charge in [-0.2, -0.15) is 0 Å². The molecule has 1 heterocycles. The third kappa shape index (κ3) is 4.03. The molecular formula is C17H22N2O3S2. The second-order valence-corrected chi connectivity index (χ2v) is 9.16. The highest BCUT2D eigenvalue weighted by Gasteiger charge is 2.22. The van der Waals surface area contributed by atoms with Crippen molar-refractivity contribution in [3.63, 3.8) is 0 Å². The normalized spacial score (nSPS) is 13.2. The van der Waals surface area contributed by atoms with E-state index in [0.29, 0.717) is 5.56 Å². The molecule has 2 rings (SSSR count).